The highest BCUT2D eigenvalue weighted by atomic mass is 16.7. The van der Waals surface area contributed by atoms with Gasteiger partial charge in [0.1, 0.15) is 0 Å². The molecule has 1 aromatic carbocycles. The van der Waals surface area contributed by atoms with Crippen molar-refractivity contribution >= 4 is 0 Å². The standard InChI is InChI=1S/C11H14N2O2/c12-9-5-13-4-8(9)7-1-2-10-11(3-7)15-6-14-10/h1-3,8-9,13H,4-6,12H2/t8-,9-/m1/s1. The van der Waals surface area contributed by atoms with Crippen LogP contribution in [0, 0.1) is 0 Å². The molecule has 0 radical (unpaired) electrons. The minimum Gasteiger partial charge on any atom is -0.454 e. The predicted molar refractivity (Wildman–Crippen MR) is 56.2 cm³/mol. The monoisotopic (exact) mass is 206 g/mol. The smallest absolute Gasteiger partial charge is 0.231 e. The zero-order valence-electron chi connectivity index (χ0n) is 8.40. The topological polar surface area (TPSA) is 56.5 Å². The molecule has 1 saturated heterocycles. The molecule has 4 heteroatoms. The van der Waals surface area contributed by atoms with E-state index in [0.717, 1.165) is 24.6 Å². The van der Waals surface area contributed by atoms with Gasteiger partial charge in [-0.25, -0.2) is 0 Å². The summed E-state index contributed by atoms with van der Waals surface area (Å²) in [5.74, 6) is 2.06. The average Bonchev–Trinajstić information content (AvgIpc) is 2.84. The maximum absolute atomic E-state index is 6.02. The molecule has 3 N–H and O–H groups in total. The van der Waals surface area contributed by atoms with Gasteiger partial charge in [0.15, 0.2) is 11.5 Å². The molecule has 15 heavy (non-hydrogen) atoms. The number of hydrogen-bond donors (Lipinski definition) is 2. The van der Waals surface area contributed by atoms with Gasteiger partial charge in [-0.3, -0.25) is 0 Å². The van der Waals surface area contributed by atoms with E-state index in [1.807, 2.05) is 12.1 Å². The molecule has 2 aliphatic heterocycles. The zero-order chi connectivity index (χ0) is 10.3. The SMILES string of the molecule is N[C@@H]1CNC[C@@H]1c1ccc2c(c1)OCO2. The Kier molecular flexibility index (Phi) is 2.04. The van der Waals surface area contributed by atoms with E-state index >= 15 is 0 Å². The third-order valence-corrected chi connectivity index (χ3v) is 3.09. The second-order valence-corrected chi connectivity index (χ2v) is 4.04. The van der Waals surface area contributed by atoms with Crippen LogP contribution >= 0.6 is 0 Å². The number of nitrogens with one attached hydrogen (secondary N) is 1. The van der Waals surface area contributed by atoms with E-state index < -0.39 is 0 Å². The lowest BCUT2D eigenvalue weighted by molar-refractivity contribution is 0.174. The zero-order valence-corrected chi connectivity index (χ0v) is 8.40. The fourth-order valence-electron chi connectivity index (χ4n) is 2.21. The first-order chi connectivity index (χ1) is 7.34. The molecule has 1 aromatic rings. The van der Waals surface area contributed by atoms with Crippen molar-refractivity contribution < 1.29 is 9.47 Å². The van der Waals surface area contributed by atoms with Crippen molar-refractivity contribution in [2.75, 3.05) is 19.9 Å². The predicted octanol–water partition coefficient (Wildman–Crippen LogP) is 0.429. The van der Waals surface area contributed by atoms with E-state index in [2.05, 4.69) is 11.4 Å². The number of hydrogen-bond acceptors (Lipinski definition) is 4. The fraction of sp³-hybridized carbons (Fsp3) is 0.455. The first kappa shape index (κ1) is 9.00. The van der Waals surface area contributed by atoms with E-state index in [1.54, 1.807) is 0 Å². The molecule has 0 spiro atoms. The Morgan fingerprint density at radius 1 is 1.20 bits per heavy atom. The van der Waals surface area contributed by atoms with Crippen molar-refractivity contribution in [3.8, 4) is 11.5 Å². The quantitative estimate of drug-likeness (QED) is 0.699. The highest BCUT2D eigenvalue weighted by Gasteiger charge is 2.26. The highest BCUT2D eigenvalue weighted by Crippen LogP contribution is 2.35. The average molecular weight is 206 g/mol. The molecule has 0 bridgehead atoms. The van der Waals surface area contributed by atoms with Crippen LogP contribution in [0.2, 0.25) is 0 Å². The van der Waals surface area contributed by atoms with Crippen LogP contribution in [0.15, 0.2) is 18.2 Å². The van der Waals surface area contributed by atoms with Crippen LogP contribution in [-0.2, 0) is 0 Å². The van der Waals surface area contributed by atoms with Gasteiger partial charge in [-0.05, 0) is 17.7 Å². The van der Waals surface area contributed by atoms with Crippen molar-refractivity contribution in [1.82, 2.24) is 5.32 Å². The normalized spacial score (nSPS) is 28.3. The van der Waals surface area contributed by atoms with Crippen LogP contribution in [0.4, 0.5) is 0 Å². The molecule has 4 nitrogen and oxygen atoms in total. The van der Waals surface area contributed by atoms with Crippen molar-refractivity contribution in [2.45, 2.75) is 12.0 Å². The van der Waals surface area contributed by atoms with Crippen LogP contribution in [0.25, 0.3) is 0 Å². The molecule has 0 aromatic heterocycles. The molecule has 0 saturated carbocycles. The van der Waals surface area contributed by atoms with Gasteiger partial charge in [0.25, 0.3) is 0 Å². The summed E-state index contributed by atoms with van der Waals surface area (Å²) in [5, 5.41) is 3.29. The Morgan fingerprint density at radius 2 is 2.07 bits per heavy atom. The number of benzene rings is 1. The van der Waals surface area contributed by atoms with Crippen LogP contribution in [-0.4, -0.2) is 25.9 Å². The Hall–Kier alpha value is -1.26. The molecule has 2 aliphatic rings. The number of fused-ring (bicyclic) bond motifs is 1. The van der Waals surface area contributed by atoms with E-state index in [1.165, 1.54) is 5.56 Å². The van der Waals surface area contributed by atoms with Crippen molar-refractivity contribution in [3.05, 3.63) is 23.8 Å². The van der Waals surface area contributed by atoms with Crippen molar-refractivity contribution in [1.29, 1.82) is 0 Å². The minimum absolute atomic E-state index is 0.199. The third kappa shape index (κ3) is 1.46. The number of rotatable bonds is 1. The summed E-state index contributed by atoms with van der Waals surface area (Å²) in [7, 11) is 0. The highest BCUT2D eigenvalue weighted by molar-refractivity contribution is 5.46. The van der Waals surface area contributed by atoms with Gasteiger partial charge < -0.3 is 20.5 Å². The van der Waals surface area contributed by atoms with Gasteiger partial charge in [0, 0.05) is 25.0 Å². The van der Waals surface area contributed by atoms with Gasteiger partial charge >= 0.3 is 0 Å². The number of nitrogens with two attached hydrogens (primary N) is 1. The summed E-state index contributed by atoms with van der Waals surface area (Å²) in [6.45, 7) is 2.16. The Morgan fingerprint density at radius 3 is 2.87 bits per heavy atom. The lowest BCUT2D eigenvalue weighted by atomic mass is 9.95. The van der Waals surface area contributed by atoms with Gasteiger partial charge in [-0.15, -0.1) is 0 Å². The third-order valence-electron chi connectivity index (χ3n) is 3.09. The van der Waals surface area contributed by atoms with Crippen LogP contribution in [0.1, 0.15) is 11.5 Å². The van der Waals surface area contributed by atoms with E-state index in [9.17, 15) is 0 Å². The summed E-state index contributed by atoms with van der Waals surface area (Å²) < 4.78 is 10.6. The van der Waals surface area contributed by atoms with E-state index in [0.29, 0.717) is 12.7 Å². The lowest BCUT2D eigenvalue weighted by Gasteiger charge is -2.14. The fourth-order valence-corrected chi connectivity index (χ4v) is 2.21. The van der Waals surface area contributed by atoms with Crippen molar-refractivity contribution in [2.24, 2.45) is 5.73 Å². The van der Waals surface area contributed by atoms with E-state index in [4.69, 9.17) is 15.2 Å². The van der Waals surface area contributed by atoms with Crippen molar-refractivity contribution in [3.63, 3.8) is 0 Å². The lowest BCUT2D eigenvalue weighted by Crippen LogP contribution is -2.27. The largest absolute Gasteiger partial charge is 0.454 e. The second kappa shape index (κ2) is 3.40. The molecule has 2 atom stereocenters. The summed E-state index contributed by atoms with van der Waals surface area (Å²) in [5.41, 5.74) is 7.25. The summed E-state index contributed by atoms with van der Waals surface area (Å²) in [6.07, 6.45) is 0. The first-order valence-corrected chi connectivity index (χ1v) is 5.20. The maximum Gasteiger partial charge on any atom is 0.231 e. The molecule has 3 rings (SSSR count). The summed E-state index contributed by atoms with van der Waals surface area (Å²) >= 11 is 0. The second-order valence-electron chi connectivity index (χ2n) is 4.04. The van der Waals surface area contributed by atoms with Crippen LogP contribution in [0.3, 0.4) is 0 Å². The van der Waals surface area contributed by atoms with Gasteiger partial charge in [0.05, 0.1) is 0 Å². The molecule has 2 heterocycles. The Bertz CT molecular complexity index is 381. The molecular formula is C11H14N2O2. The van der Waals surface area contributed by atoms with Gasteiger partial charge in [-0.1, -0.05) is 6.07 Å². The van der Waals surface area contributed by atoms with Crippen LogP contribution in [0.5, 0.6) is 11.5 Å². The molecule has 80 valence electrons. The van der Waals surface area contributed by atoms with Gasteiger partial charge in [0.2, 0.25) is 6.79 Å². The maximum atomic E-state index is 6.02. The van der Waals surface area contributed by atoms with E-state index in [-0.39, 0.29) is 6.04 Å². The van der Waals surface area contributed by atoms with Gasteiger partial charge in [-0.2, -0.15) is 0 Å². The Labute approximate surface area is 88.4 Å². The first-order valence-electron chi connectivity index (χ1n) is 5.20. The summed E-state index contributed by atoms with van der Waals surface area (Å²) in [4.78, 5) is 0. The molecule has 0 aliphatic carbocycles. The minimum atomic E-state index is 0.199. The molecule has 0 unspecified atom stereocenters. The Balaban J connectivity index is 1.92. The summed E-state index contributed by atoms with van der Waals surface area (Å²) in [6, 6.07) is 6.28. The molecule has 1 fully saturated rings. The molecular weight excluding hydrogens is 192 g/mol. The van der Waals surface area contributed by atoms with Crippen LogP contribution < -0.4 is 20.5 Å². The number of ether oxygens (including phenoxy) is 2. The molecule has 0 amide bonds.